The molecular weight excluding hydrogens is 333 g/mol. The number of nitrogens with one attached hydrogen (secondary N) is 2. The van der Waals surface area contributed by atoms with Crippen molar-refractivity contribution in [2.75, 3.05) is 13.1 Å². The van der Waals surface area contributed by atoms with Crippen molar-refractivity contribution >= 4 is 41.3 Å². The van der Waals surface area contributed by atoms with Crippen molar-refractivity contribution in [3.63, 3.8) is 0 Å². The van der Waals surface area contributed by atoms with Crippen LogP contribution in [0.4, 0.5) is 0 Å². The Balaban J connectivity index is 0.00000161. The van der Waals surface area contributed by atoms with Gasteiger partial charge in [0.05, 0.1) is 9.21 Å². The average molecular weight is 348 g/mol. The molecule has 5 nitrogen and oxygen atoms in total. The van der Waals surface area contributed by atoms with Crippen molar-refractivity contribution in [2.45, 2.75) is 18.9 Å². The third-order valence-corrected chi connectivity index (χ3v) is 4.48. The number of amides is 1. The lowest BCUT2D eigenvalue weighted by Gasteiger charge is -2.23. The molecule has 2 N–H and O–H groups in total. The summed E-state index contributed by atoms with van der Waals surface area (Å²) >= 11 is 7.27. The van der Waals surface area contributed by atoms with E-state index in [2.05, 4.69) is 15.8 Å². The van der Waals surface area contributed by atoms with E-state index in [1.807, 2.05) is 6.07 Å². The summed E-state index contributed by atoms with van der Waals surface area (Å²) < 4.78 is 5.88. The highest BCUT2D eigenvalue weighted by Crippen LogP contribution is 2.31. The molecule has 1 aliphatic rings. The fraction of sp³-hybridized carbons (Fsp3) is 0.385. The highest BCUT2D eigenvalue weighted by molar-refractivity contribution is 7.19. The number of hydrogen-bond acceptors (Lipinski definition) is 5. The molecule has 2 aromatic rings. The first-order valence-electron chi connectivity index (χ1n) is 6.46. The second-order valence-electron chi connectivity index (χ2n) is 4.68. The molecular formula is C13H15Cl2N3O2S. The van der Waals surface area contributed by atoms with E-state index in [0.29, 0.717) is 15.8 Å². The Hall–Kier alpha value is -1.08. The Morgan fingerprint density at radius 1 is 1.43 bits per heavy atom. The van der Waals surface area contributed by atoms with Crippen LogP contribution in [-0.4, -0.2) is 30.2 Å². The van der Waals surface area contributed by atoms with Gasteiger partial charge in [-0.15, -0.1) is 23.7 Å². The van der Waals surface area contributed by atoms with Gasteiger partial charge < -0.3 is 15.2 Å². The molecule has 21 heavy (non-hydrogen) atoms. The molecule has 1 amide bonds. The monoisotopic (exact) mass is 347 g/mol. The molecule has 0 spiro atoms. The van der Waals surface area contributed by atoms with Gasteiger partial charge in [-0.3, -0.25) is 4.79 Å². The van der Waals surface area contributed by atoms with Crippen LogP contribution in [0.15, 0.2) is 22.7 Å². The van der Waals surface area contributed by atoms with E-state index in [0.717, 1.165) is 30.8 Å². The maximum absolute atomic E-state index is 12.1. The van der Waals surface area contributed by atoms with Crippen molar-refractivity contribution in [1.82, 2.24) is 15.8 Å². The second kappa shape index (κ2) is 7.26. The van der Waals surface area contributed by atoms with Crippen LogP contribution in [0.25, 0.3) is 10.6 Å². The third kappa shape index (κ3) is 3.97. The average Bonchev–Trinajstić information content (AvgIpc) is 3.08. The summed E-state index contributed by atoms with van der Waals surface area (Å²) in [5, 5.41) is 10.1. The van der Waals surface area contributed by atoms with E-state index >= 15 is 0 Å². The van der Waals surface area contributed by atoms with Crippen molar-refractivity contribution < 1.29 is 9.32 Å². The number of piperidine rings is 1. The minimum absolute atomic E-state index is 0. The van der Waals surface area contributed by atoms with Crippen molar-refractivity contribution in [1.29, 1.82) is 0 Å². The van der Waals surface area contributed by atoms with Gasteiger partial charge in [0.2, 0.25) is 0 Å². The molecule has 0 aromatic carbocycles. The van der Waals surface area contributed by atoms with Crippen LogP contribution in [0.5, 0.6) is 0 Å². The van der Waals surface area contributed by atoms with Crippen LogP contribution in [0.2, 0.25) is 4.34 Å². The standard InChI is InChI=1S/C13H14ClN3O2S.ClH/c14-12-2-1-11(20-12)10-7-9(17-19-10)13(18)16-8-3-5-15-6-4-8;/h1-2,7-8,15H,3-6H2,(H,16,18);1H. The zero-order valence-electron chi connectivity index (χ0n) is 11.1. The third-order valence-electron chi connectivity index (χ3n) is 3.23. The van der Waals surface area contributed by atoms with Gasteiger partial charge in [0.1, 0.15) is 0 Å². The van der Waals surface area contributed by atoms with Gasteiger partial charge in [0.25, 0.3) is 5.91 Å². The van der Waals surface area contributed by atoms with Crippen LogP contribution in [-0.2, 0) is 0 Å². The number of carbonyl (C=O) groups excluding carboxylic acids is 1. The van der Waals surface area contributed by atoms with Crippen molar-refractivity contribution in [3.8, 4) is 10.6 Å². The minimum Gasteiger partial charge on any atom is -0.355 e. The molecule has 0 saturated carbocycles. The Morgan fingerprint density at radius 2 is 2.19 bits per heavy atom. The predicted molar refractivity (Wildman–Crippen MR) is 85.4 cm³/mol. The zero-order valence-corrected chi connectivity index (χ0v) is 13.5. The lowest BCUT2D eigenvalue weighted by Crippen LogP contribution is -2.42. The molecule has 1 saturated heterocycles. The molecule has 0 atom stereocenters. The number of halogens is 2. The van der Waals surface area contributed by atoms with E-state index in [-0.39, 0.29) is 24.4 Å². The van der Waals surface area contributed by atoms with Gasteiger partial charge in [0, 0.05) is 12.1 Å². The Morgan fingerprint density at radius 3 is 2.86 bits per heavy atom. The number of carbonyl (C=O) groups is 1. The number of aromatic nitrogens is 1. The lowest BCUT2D eigenvalue weighted by atomic mass is 10.1. The fourth-order valence-corrected chi connectivity index (χ4v) is 3.16. The first-order chi connectivity index (χ1) is 9.72. The normalized spacial score (nSPS) is 15.5. The lowest BCUT2D eigenvalue weighted by molar-refractivity contribution is 0.0920. The quantitative estimate of drug-likeness (QED) is 0.895. The Kier molecular flexibility index (Phi) is 5.64. The van der Waals surface area contributed by atoms with E-state index < -0.39 is 0 Å². The van der Waals surface area contributed by atoms with Gasteiger partial charge >= 0.3 is 0 Å². The summed E-state index contributed by atoms with van der Waals surface area (Å²) in [6.07, 6.45) is 1.88. The highest BCUT2D eigenvalue weighted by atomic mass is 35.5. The van der Waals surface area contributed by atoms with Gasteiger partial charge in [-0.2, -0.15) is 0 Å². The summed E-state index contributed by atoms with van der Waals surface area (Å²) in [4.78, 5) is 13.0. The van der Waals surface area contributed by atoms with E-state index in [9.17, 15) is 4.79 Å². The molecule has 1 fully saturated rings. The molecule has 0 aliphatic carbocycles. The van der Waals surface area contributed by atoms with Crippen molar-refractivity contribution in [2.24, 2.45) is 0 Å². The molecule has 3 rings (SSSR count). The zero-order chi connectivity index (χ0) is 13.9. The fourth-order valence-electron chi connectivity index (χ4n) is 2.17. The molecule has 0 unspecified atom stereocenters. The number of rotatable bonds is 3. The first kappa shape index (κ1) is 16.3. The topological polar surface area (TPSA) is 67.2 Å². The number of nitrogens with zero attached hydrogens (tertiary/aromatic N) is 1. The van der Waals surface area contributed by atoms with Crippen LogP contribution in [0.3, 0.4) is 0 Å². The van der Waals surface area contributed by atoms with Crippen molar-refractivity contribution in [3.05, 3.63) is 28.2 Å². The minimum atomic E-state index is -0.186. The smallest absolute Gasteiger partial charge is 0.273 e. The molecule has 0 bridgehead atoms. The molecule has 2 aromatic heterocycles. The molecule has 8 heteroatoms. The summed E-state index contributed by atoms with van der Waals surface area (Å²) in [6, 6.07) is 5.50. The highest BCUT2D eigenvalue weighted by Gasteiger charge is 2.19. The van der Waals surface area contributed by atoms with Crippen LogP contribution >= 0.6 is 35.3 Å². The summed E-state index contributed by atoms with van der Waals surface area (Å²) in [7, 11) is 0. The molecule has 1 aliphatic heterocycles. The van der Waals surface area contributed by atoms with Gasteiger partial charge in [0.15, 0.2) is 11.5 Å². The molecule has 3 heterocycles. The second-order valence-corrected chi connectivity index (χ2v) is 6.39. The van der Waals surface area contributed by atoms with Gasteiger partial charge in [-0.05, 0) is 38.1 Å². The van der Waals surface area contributed by atoms with E-state index in [1.54, 1.807) is 12.1 Å². The maximum atomic E-state index is 12.1. The van der Waals surface area contributed by atoms with Gasteiger partial charge in [-0.1, -0.05) is 16.8 Å². The summed E-state index contributed by atoms with van der Waals surface area (Å²) in [6.45, 7) is 1.87. The van der Waals surface area contributed by atoms with Crippen LogP contribution in [0, 0.1) is 0 Å². The van der Waals surface area contributed by atoms with Crippen LogP contribution in [0.1, 0.15) is 23.3 Å². The van der Waals surface area contributed by atoms with E-state index in [4.69, 9.17) is 16.1 Å². The maximum Gasteiger partial charge on any atom is 0.273 e. The first-order valence-corrected chi connectivity index (χ1v) is 7.66. The molecule has 114 valence electrons. The Bertz CT molecular complexity index is 608. The SMILES string of the molecule is Cl.O=C(NC1CCNCC1)c1cc(-c2ccc(Cl)s2)on1. The van der Waals surface area contributed by atoms with Crippen LogP contribution < -0.4 is 10.6 Å². The summed E-state index contributed by atoms with van der Waals surface area (Å²) in [5.74, 6) is 0.381. The largest absolute Gasteiger partial charge is 0.355 e. The molecule has 0 radical (unpaired) electrons. The van der Waals surface area contributed by atoms with E-state index in [1.165, 1.54) is 11.3 Å². The predicted octanol–water partition coefficient (Wildman–Crippen LogP) is 2.96. The number of thiophene rings is 1. The summed E-state index contributed by atoms with van der Waals surface area (Å²) in [5.41, 5.74) is 0.308. The van der Waals surface area contributed by atoms with Gasteiger partial charge in [-0.25, -0.2) is 0 Å². The Labute approximate surface area is 137 Å². The number of hydrogen-bond donors (Lipinski definition) is 2.